The molecule has 0 unspecified atom stereocenters. The first kappa shape index (κ1) is 20.4. The van der Waals surface area contributed by atoms with Crippen LogP contribution in [-0.2, 0) is 16.0 Å². The van der Waals surface area contributed by atoms with E-state index in [0.29, 0.717) is 5.69 Å². The predicted octanol–water partition coefficient (Wildman–Crippen LogP) is 3.70. The predicted molar refractivity (Wildman–Crippen MR) is 123 cm³/mol. The van der Waals surface area contributed by atoms with Gasteiger partial charge in [0.1, 0.15) is 0 Å². The molecule has 0 fully saturated rings. The Morgan fingerprint density at radius 3 is 2.87 bits per heavy atom. The van der Waals surface area contributed by atoms with Crippen LogP contribution in [0, 0.1) is 6.92 Å². The van der Waals surface area contributed by atoms with Crippen LogP contribution in [0.2, 0.25) is 0 Å². The molecule has 154 valence electrons. The summed E-state index contributed by atoms with van der Waals surface area (Å²) in [5.41, 5.74) is 10.4. The van der Waals surface area contributed by atoms with Gasteiger partial charge >= 0.3 is 0 Å². The van der Waals surface area contributed by atoms with Crippen molar-refractivity contribution in [2.45, 2.75) is 18.2 Å². The van der Waals surface area contributed by atoms with Crippen LogP contribution in [0.15, 0.2) is 52.7 Å². The highest BCUT2D eigenvalue weighted by molar-refractivity contribution is 8.00. The molecular formula is C22H22N4O2S2. The van der Waals surface area contributed by atoms with E-state index in [4.69, 9.17) is 5.73 Å². The molecule has 2 amide bonds. The molecule has 30 heavy (non-hydrogen) atoms. The Labute approximate surface area is 183 Å². The Kier molecular flexibility index (Phi) is 6.06. The monoisotopic (exact) mass is 438 g/mol. The summed E-state index contributed by atoms with van der Waals surface area (Å²) < 4.78 is 0. The SMILES string of the molecule is Cc1nc(-c2ccc3c(c2)CCN3CC(=O)Nc2ccccc2SCC(N)=O)cs1. The maximum Gasteiger partial charge on any atom is 0.243 e. The number of nitrogens with two attached hydrogens (primary N) is 1. The fourth-order valence-corrected chi connectivity index (χ4v) is 4.87. The second-order valence-electron chi connectivity index (χ2n) is 7.07. The van der Waals surface area contributed by atoms with Gasteiger partial charge in [0, 0.05) is 28.1 Å². The number of benzene rings is 2. The van der Waals surface area contributed by atoms with E-state index in [2.05, 4.69) is 38.8 Å². The molecule has 0 atom stereocenters. The van der Waals surface area contributed by atoms with Crippen molar-refractivity contribution in [3.05, 3.63) is 58.4 Å². The molecule has 0 radical (unpaired) electrons. The zero-order valence-electron chi connectivity index (χ0n) is 16.6. The van der Waals surface area contributed by atoms with E-state index in [9.17, 15) is 9.59 Å². The number of carbonyl (C=O) groups is 2. The van der Waals surface area contributed by atoms with Crippen molar-refractivity contribution in [1.82, 2.24) is 4.98 Å². The number of aryl methyl sites for hydroxylation is 1. The number of aromatic nitrogens is 1. The van der Waals surface area contributed by atoms with Gasteiger partial charge in [0.2, 0.25) is 11.8 Å². The fraction of sp³-hybridized carbons (Fsp3) is 0.227. The van der Waals surface area contributed by atoms with E-state index >= 15 is 0 Å². The van der Waals surface area contributed by atoms with Crippen LogP contribution in [0.3, 0.4) is 0 Å². The largest absolute Gasteiger partial charge is 0.369 e. The van der Waals surface area contributed by atoms with E-state index < -0.39 is 0 Å². The number of rotatable bonds is 7. The second kappa shape index (κ2) is 8.89. The Hall–Kier alpha value is -2.84. The topological polar surface area (TPSA) is 88.3 Å². The van der Waals surface area contributed by atoms with Gasteiger partial charge in [-0.1, -0.05) is 18.2 Å². The number of para-hydroxylation sites is 1. The number of thioether (sulfide) groups is 1. The fourth-order valence-electron chi connectivity index (χ4n) is 3.50. The number of hydrogen-bond donors (Lipinski definition) is 2. The summed E-state index contributed by atoms with van der Waals surface area (Å²) in [7, 11) is 0. The zero-order chi connectivity index (χ0) is 21.1. The van der Waals surface area contributed by atoms with Crippen molar-refractivity contribution in [2.75, 3.05) is 29.1 Å². The zero-order valence-corrected chi connectivity index (χ0v) is 18.2. The molecule has 8 heteroatoms. The van der Waals surface area contributed by atoms with Gasteiger partial charge in [0.05, 0.1) is 28.7 Å². The highest BCUT2D eigenvalue weighted by Crippen LogP contribution is 2.33. The maximum absolute atomic E-state index is 12.7. The van der Waals surface area contributed by atoms with E-state index in [1.54, 1.807) is 11.3 Å². The minimum Gasteiger partial charge on any atom is -0.369 e. The number of fused-ring (bicyclic) bond motifs is 1. The first-order valence-corrected chi connectivity index (χ1v) is 11.5. The smallest absolute Gasteiger partial charge is 0.243 e. The summed E-state index contributed by atoms with van der Waals surface area (Å²) in [4.78, 5) is 31.3. The lowest BCUT2D eigenvalue weighted by Crippen LogP contribution is -2.32. The summed E-state index contributed by atoms with van der Waals surface area (Å²) in [5.74, 6) is -0.302. The molecule has 0 aliphatic carbocycles. The van der Waals surface area contributed by atoms with Gasteiger partial charge < -0.3 is 16.0 Å². The molecule has 0 spiro atoms. The Bertz CT molecular complexity index is 1100. The number of nitrogens with zero attached hydrogens (tertiary/aromatic N) is 2. The minimum atomic E-state index is -0.387. The van der Waals surface area contributed by atoms with Gasteiger partial charge in [-0.25, -0.2) is 4.98 Å². The van der Waals surface area contributed by atoms with Crippen LogP contribution >= 0.6 is 23.1 Å². The normalized spacial score (nSPS) is 12.6. The lowest BCUT2D eigenvalue weighted by Gasteiger charge is -2.19. The standard InChI is InChI=1S/C22H22N4O2S2/c1-14-24-18(12-29-14)15-6-7-19-16(10-15)8-9-26(19)11-22(28)25-17-4-2-3-5-20(17)30-13-21(23)27/h2-7,10,12H,8-9,11,13H2,1H3,(H2,23,27)(H,25,28). The molecule has 3 aromatic rings. The third kappa shape index (κ3) is 4.66. The van der Waals surface area contributed by atoms with E-state index in [1.807, 2.05) is 31.2 Å². The molecule has 0 bridgehead atoms. The van der Waals surface area contributed by atoms with Crippen LogP contribution in [0.25, 0.3) is 11.3 Å². The highest BCUT2D eigenvalue weighted by Gasteiger charge is 2.22. The molecule has 1 aliphatic rings. The van der Waals surface area contributed by atoms with Crippen molar-refractivity contribution < 1.29 is 9.59 Å². The van der Waals surface area contributed by atoms with Gasteiger partial charge in [-0.05, 0) is 43.2 Å². The average molecular weight is 439 g/mol. The summed E-state index contributed by atoms with van der Waals surface area (Å²) in [6, 6.07) is 13.8. The molecule has 3 N–H and O–H groups in total. The average Bonchev–Trinajstić information content (AvgIpc) is 3.33. The van der Waals surface area contributed by atoms with E-state index in [1.165, 1.54) is 17.3 Å². The van der Waals surface area contributed by atoms with Crippen LogP contribution in [-0.4, -0.2) is 35.6 Å². The van der Waals surface area contributed by atoms with Crippen LogP contribution in [0.1, 0.15) is 10.6 Å². The molecule has 6 nitrogen and oxygen atoms in total. The van der Waals surface area contributed by atoms with Gasteiger partial charge in [-0.2, -0.15) is 0 Å². The number of nitrogens with one attached hydrogen (secondary N) is 1. The molecule has 4 rings (SSSR count). The van der Waals surface area contributed by atoms with Gasteiger partial charge in [-0.15, -0.1) is 23.1 Å². The lowest BCUT2D eigenvalue weighted by molar-refractivity contribution is -0.116. The summed E-state index contributed by atoms with van der Waals surface area (Å²) in [6.45, 7) is 3.09. The number of primary amides is 1. The van der Waals surface area contributed by atoms with Gasteiger partial charge in [-0.3, -0.25) is 9.59 Å². The van der Waals surface area contributed by atoms with Crippen molar-refractivity contribution in [1.29, 1.82) is 0 Å². The Morgan fingerprint density at radius 2 is 2.10 bits per heavy atom. The summed E-state index contributed by atoms with van der Waals surface area (Å²) in [5, 5.41) is 6.10. The molecule has 1 aliphatic heterocycles. The number of thiazole rings is 1. The van der Waals surface area contributed by atoms with Crippen LogP contribution in [0.4, 0.5) is 11.4 Å². The minimum absolute atomic E-state index is 0.0887. The first-order valence-electron chi connectivity index (χ1n) is 9.60. The number of amides is 2. The molecular weight excluding hydrogens is 416 g/mol. The van der Waals surface area contributed by atoms with E-state index in [-0.39, 0.29) is 24.1 Å². The lowest BCUT2D eigenvalue weighted by atomic mass is 10.1. The van der Waals surface area contributed by atoms with Gasteiger partial charge in [0.25, 0.3) is 0 Å². The number of hydrogen-bond acceptors (Lipinski definition) is 6. The maximum atomic E-state index is 12.7. The van der Waals surface area contributed by atoms with Crippen molar-refractivity contribution in [3.8, 4) is 11.3 Å². The first-order chi connectivity index (χ1) is 14.5. The van der Waals surface area contributed by atoms with Crippen molar-refractivity contribution in [2.24, 2.45) is 5.73 Å². The Morgan fingerprint density at radius 1 is 1.27 bits per heavy atom. The quantitative estimate of drug-likeness (QED) is 0.549. The molecule has 0 saturated carbocycles. The van der Waals surface area contributed by atoms with Crippen molar-refractivity contribution in [3.63, 3.8) is 0 Å². The third-order valence-corrected chi connectivity index (χ3v) is 6.72. The van der Waals surface area contributed by atoms with Crippen LogP contribution in [0.5, 0.6) is 0 Å². The molecule has 1 aromatic heterocycles. The van der Waals surface area contributed by atoms with Crippen molar-refractivity contribution >= 4 is 46.3 Å². The molecule has 0 saturated heterocycles. The van der Waals surface area contributed by atoms with Gasteiger partial charge in [0.15, 0.2) is 0 Å². The van der Waals surface area contributed by atoms with E-state index in [0.717, 1.165) is 39.8 Å². The Balaban J connectivity index is 1.43. The summed E-state index contributed by atoms with van der Waals surface area (Å²) in [6.07, 6.45) is 0.907. The molecule has 2 aromatic carbocycles. The third-order valence-electron chi connectivity index (χ3n) is 4.85. The number of carbonyl (C=O) groups excluding carboxylic acids is 2. The second-order valence-corrected chi connectivity index (χ2v) is 9.15. The summed E-state index contributed by atoms with van der Waals surface area (Å²) >= 11 is 2.97. The van der Waals surface area contributed by atoms with Crippen LogP contribution < -0.4 is 16.0 Å². The highest BCUT2D eigenvalue weighted by atomic mass is 32.2. The molecule has 2 heterocycles. The number of anilines is 2.